The highest BCUT2D eigenvalue weighted by molar-refractivity contribution is 6.03. The van der Waals surface area contributed by atoms with Crippen molar-refractivity contribution >= 4 is 5.78 Å². The van der Waals surface area contributed by atoms with Gasteiger partial charge in [0.25, 0.3) is 0 Å². The van der Waals surface area contributed by atoms with Crippen LogP contribution in [0.5, 0.6) is 0 Å². The number of Topliss-reactive ketones (excluding diaryl/α,β-unsaturated/α-hetero) is 1. The highest BCUT2D eigenvalue weighted by Gasteiger charge is 2.40. The van der Waals surface area contributed by atoms with Crippen molar-refractivity contribution in [1.29, 1.82) is 0 Å². The van der Waals surface area contributed by atoms with E-state index in [1.165, 1.54) is 12.1 Å². The molecule has 0 aliphatic rings. The average Bonchev–Trinajstić information content (AvgIpc) is 2.55. The molecule has 0 spiro atoms. The maximum absolute atomic E-state index is 13.2. The molecular weight excluding hydrogens is 289 g/mol. The predicted octanol–water partition coefficient (Wildman–Crippen LogP) is 4.13. The maximum Gasteiger partial charge on any atom is 0.183 e. The van der Waals surface area contributed by atoms with Crippen LogP contribution in [0, 0.1) is 5.82 Å². The lowest BCUT2D eigenvalue weighted by Crippen LogP contribution is -2.52. The van der Waals surface area contributed by atoms with Gasteiger partial charge in [0, 0.05) is 5.56 Å². The number of ketones is 1. The third-order valence-electron chi connectivity index (χ3n) is 4.21. The summed E-state index contributed by atoms with van der Waals surface area (Å²) in [6.07, 6.45) is 2.86. The van der Waals surface area contributed by atoms with Gasteiger partial charge in [-0.15, -0.1) is 6.58 Å². The van der Waals surface area contributed by atoms with Crippen molar-refractivity contribution in [2.75, 3.05) is 14.1 Å². The van der Waals surface area contributed by atoms with Crippen LogP contribution in [0.2, 0.25) is 0 Å². The van der Waals surface area contributed by atoms with Gasteiger partial charge in [-0.05, 0) is 56.8 Å². The van der Waals surface area contributed by atoms with E-state index in [0.29, 0.717) is 18.4 Å². The van der Waals surface area contributed by atoms with Crippen molar-refractivity contribution in [3.8, 4) is 0 Å². The first-order chi connectivity index (χ1) is 11.0. The Hall–Kier alpha value is -2.26. The van der Waals surface area contributed by atoms with Gasteiger partial charge in [-0.3, -0.25) is 9.69 Å². The summed E-state index contributed by atoms with van der Waals surface area (Å²) in [5.74, 6) is -0.366. The largest absolute Gasteiger partial charge is 0.296 e. The number of carbonyl (C=O) groups excluding carboxylic acids is 1. The lowest BCUT2D eigenvalue weighted by Gasteiger charge is -2.38. The molecule has 0 radical (unpaired) electrons. The topological polar surface area (TPSA) is 20.3 Å². The van der Waals surface area contributed by atoms with Crippen LogP contribution in [0.1, 0.15) is 22.3 Å². The van der Waals surface area contributed by atoms with E-state index in [-0.39, 0.29) is 11.6 Å². The molecule has 0 aliphatic heterocycles. The van der Waals surface area contributed by atoms with Crippen LogP contribution < -0.4 is 0 Å². The van der Waals surface area contributed by atoms with Crippen LogP contribution in [0.3, 0.4) is 0 Å². The van der Waals surface area contributed by atoms with E-state index in [1.807, 2.05) is 49.3 Å². The van der Waals surface area contributed by atoms with Crippen LogP contribution in [-0.2, 0) is 6.42 Å². The first-order valence-electron chi connectivity index (χ1n) is 7.62. The van der Waals surface area contributed by atoms with Crippen molar-refractivity contribution in [1.82, 2.24) is 4.90 Å². The fourth-order valence-electron chi connectivity index (χ4n) is 2.83. The van der Waals surface area contributed by atoms with Crippen molar-refractivity contribution in [3.05, 3.63) is 84.2 Å². The lowest BCUT2D eigenvalue weighted by molar-refractivity contribution is 0.0683. The number of nitrogens with zero attached hydrogens (tertiary/aromatic N) is 1. The van der Waals surface area contributed by atoms with Crippen molar-refractivity contribution in [2.45, 2.75) is 18.4 Å². The number of rotatable bonds is 7. The summed E-state index contributed by atoms with van der Waals surface area (Å²) < 4.78 is 13.2. The molecule has 3 heteroatoms. The molecule has 2 rings (SSSR count). The van der Waals surface area contributed by atoms with E-state index >= 15 is 0 Å². The maximum atomic E-state index is 13.2. The number of halogens is 1. The third kappa shape index (κ3) is 3.74. The molecule has 2 aromatic carbocycles. The molecule has 1 atom stereocenters. The molecule has 0 N–H and O–H groups in total. The molecule has 0 saturated carbocycles. The molecule has 0 amide bonds. The van der Waals surface area contributed by atoms with Crippen LogP contribution in [-0.4, -0.2) is 30.3 Å². The molecule has 1 unspecified atom stereocenters. The Morgan fingerprint density at radius 2 is 1.74 bits per heavy atom. The second-order valence-electron chi connectivity index (χ2n) is 5.92. The third-order valence-corrected chi connectivity index (χ3v) is 4.21. The normalized spacial score (nSPS) is 13.6. The monoisotopic (exact) mass is 311 g/mol. The van der Waals surface area contributed by atoms with Gasteiger partial charge in [-0.2, -0.15) is 0 Å². The van der Waals surface area contributed by atoms with Gasteiger partial charge in [0.2, 0.25) is 0 Å². The zero-order valence-corrected chi connectivity index (χ0v) is 13.6. The minimum atomic E-state index is -0.735. The van der Waals surface area contributed by atoms with Gasteiger partial charge in [0.05, 0.1) is 5.54 Å². The highest BCUT2D eigenvalue weighted by atomic mass is 19.1. The summed E-state index contributed by atoms with van der Waals surface area (Å²) >= 11 is 0. The lowest BCUT2D eigenvalue weighted by atomic mass is 9.79. The quantitative estimate of drug-likeness (QED) is 0.566. The minimum absolute atomic E-state index is 0.0220. The van der Waals surface area contributed by atoms with E-state index in [1.54, 1.807) is 18.2 Å². The molecule has 23 heavy (non-hydrogen) atoms. The van der Waals surface area contributed by atoms with E-state index in [2.05, 4.69) is 6.58 Å². The Bertz CT molecular complexity index is 664. The van der Waals surface area contributed by atoms with Gasteiger partial charge >= 0.3 is 0 Å². The molecular formula is C20H22FNO. The smallest absolute Gasteiger partial charge is 0.183 e. The second kappa shape index (κ2) is 7.34. The molecule has 2 nitrogen and oxygen atoms in total. The van der Waals surface area contributed by atoms with Crippen molar-refractivity contribution in [3.63, 3.8) is 0 Å². The fraction of sp³-hybridized carbons (Fsp3) is 0.250. The Balaban J connectivity index is 2.45. The standard InChI is InChI=1S/C20H22FNO/c1-4-14-20(22(2)3,15-16-8-6-5-7-9-16)19(23)17-10-12-18(21)13-11-17/h4-13H,1,14-15H2,2-3H3. The Morgan fingerprint density at radius 3 is 2.26 bits per heavy atom. The number of hydrogen-bond acceptors (Lipinski definition) is 2. The first-order valence-corrected chi connectivity index (χ1v) is 7.62. The molecule has 0 aliphatic carbocycles. The van der Waals surface area contributed by atoms with Crippen LogP contribution in [0.4, 0.5) is 4.39 Å². The second-order valence-corrected chi connectivity index (χ2v) is 5.92. The van der Waals surface area contributed by atoms with Crippen LogP contribution in [0.15, 0.2) is 67.3 Å². The number of hydrogen-bond donors (Lipinski definition) is 0. The summed E-state index contributed by atoms with van der Waals surface area (Å²) in [6, 6.07) is 15.6. The first kappa shape index (κ1) is 17.1. The Morgan fingerprint density at radius 1 is 1.13 bits per heavy atom. The van der Waals surface area contributed by atoms with Gasteiger partial charge in [-0.1, -0.05) is 36.4 Å². The zero-order chi connectivity index (χ0) is 16.9. The minimum Gasteiger partial charge on any atom is -0.296 e. The number of benzene rings is 2. The molecule has 0 aromatic heterocycles. The summed E-state index contributed by atoms with van der Waals surface area (Å²) in [5.41, 5.74) is 0.859. The summed E-state index contributed by atoms with van der Waals surface area (Å²) in [7, 11) is 3.79. The van der Waals surface area contributed by atoms with Gasteiger partial charge in [0.15, 0.2) is 5.78 Å². The summed E-state index contributed by atoms with van der Waals surface area (Å²) in [4.78, 5) is 15.1. The van der Waals surface area contributed by atoms with Crippen LogP contribution >= 0.6 is 0 Å². The molecule has 0 heterocycles. The Labute approximate surface area is 137 Å². The highest BCUT2D eigenvalue weighted by Crippen LogP contribution is 2.28. The average molecular weight is 311 g/mol. The van der Waals surface area contributed by atoms with Crippen molar-refractivity contribution in [2.24, 2.45) is 0 Å². The predicted molar refractivity (Wildman–Crippen MR) is 92.1 cm³/mol. The van der Waals surface area contributed by atoms with Gasteiger partial charge in [0.1, 0.15) is 5.82 Å². The molecule has 0 bridgehead atoms. The Kier molecular flexibility index (Phi) is 5.45. The number of carbonyl (C=O) groups is 1. The van der Waals surface area contributed by atoms with Gasteiger partial charge < -0.3 is 0 Å². The van der Waals surface area contributed by atoms with E-state index in [9.17, 15) is 9.18 Å². The van der Waals surface area contributed by atoms with Gasteiger partial charge in [-0.25, -0.2) is 4.39 Å². The summed E-state index contributed by atoms with van der Waals surface area (Å²) in [6.45, 7) is 3.82. The molecule has 2 aromatic rings. The van der Waals surface area contributed by atoms with Crippen LogP contribution in [0.25, 0.3) is 0 Å². The SMILES string of the molecule is C=CCC(Cc1ccccc1)(C(=O)c1ccc(F)cc1)N(C)C. The zero-order valence-electron chi connectivity index (χ0n) is 13.6. The molecule has 120 valence electrons. The molecule has 0 fully saturated rings. The van der Waals surface area contributed by atoms with E-state index in [0.717, 1.165) is 5.56 Å². The molecule has 0 saturated heterocycles. The fourth-order valence-corrected chi connectivity index (χ4v) is 2.83. The van der Waals surface area contributed by atoms with Crippen molar-refractivity contribution < 1.29 is 9.18 Å². The van der Waals surface area contributed by atoms with E-state index < -0.39 is 5.54 Å². The number of likely N-dealkylation sites (N-methyl/N-ethyl adjacent to an activating group) is 1. The summed E-state index contributed by atoms with van der Waals surface area (Å²) in [5, 5.41) is 0. The van der Waals surface area contributed by atoms with E-state index in [4.69, 9.17) is 0 Å².